The van der Waals surface area contributed by atoms with Crippen molar-refractivity contribution in [2.45, 2.75) is 20.8 Å². The fraction of sp³-hybridized carbons (Fsp3) is 0.235. The van der Waals surface area contributed by atoms with Crippen LogP contribution in [0.15, 0.2) is 60.7 Å². The van der Waals surface area contributed by atoms with Gasteiger partial charge in [0.05, 0.1) is 6.04 Å². The molecule has 0 aliphatic rings. The number of amides is 1. The third-order valence-corrected chi connectivity index (χ3v) is 4.55. The van der Waals surface area contributed by atoms with Crippen LogP contribution in [0.1, 0.15) is 22.0 Å². The predicted octanol–water partition coefficient (Wildman–Crippen LogP) is 5.25. The van der Waals surface area contributed by atoms with E-state index in [2.05, 4.69) is 10.6 Å². The monoisotopic (exact) mass is 438 g/mol. The Morgan fingerprint density at radius 2 is 1.40 bits per heavy atom. The van der Waals surface area contributed by atoms with Gasteiger partial charge in [0.1, 0.15) is 11.0 Å². The van der Waals surface area contributed by atoms with E-state index in [1.54, 1.807) is 30.3 Å². The summed E-state index contributed by atoms with van der Waals surface area (Å²) in [6.45, 7) is 0. The van der Waals surface area contributed by atoms with E-state index in [0.717, 1.165) is 5.56 Å². The first-order chi connectivity index (χ1) is 11.8. The third-order valence-electron chi connectivity index (χ3n) is 3.40. The van der Waals surface area contributed by atoms with Crippen LogP contribution < -0.4 is 10.6 Å². The summed E-state index contributed by atoms with van der Waals surface area (Å²) in [7, 11) is 0. The summed E-state index contributed by atoms with van der Waals surface area (Å²) in [5.41, 5.74) is 1.24. The van der Waals surface area contributed by atoms with Gasteiger partial charge in [-0.25, -0.2) is 0 Å². The summed E-state index contributed by atoms with van der Waals surface area (Å²) < 4.78 is -1.82. The second kappa shape index (κ2) is 9.31. The molecular formula is C17H15Cl5N2O. The number of benzene rings is 2. The number of nitrogens with one attached hydrogen (secondary N) is 2. The Morgan fingerprint density at radius 3 is 1.88 bits per heavy atom. The number of rotatable bonds is 6. The molecular weight excluding hydrogens is 425 g/mol. The second-order valence-corrected chi connectivity index (χ2v) is 8.74. The molecule has 0 aliphatic heterocycles. The van der Waals surface area contributed by atoms with E-state index in [1.807, 2.05) is 30.3 Å². The Hall–Kier alpha value is -0.680. The minimum absolute atomic E-state index is 0.392. The van der Waals surface area contributed by atoms with Crippen LogP contribution >= 0.6 is 58.0 Å². The molecule has 2 aromatic carbocycles. The maximum absolute atomic E-state index is 12.4. The summed E-state index contributed by atoms with van der Waals surface area (Å²) in [5, 5.41) is 5.68. The first kappa shape index (κ1) is 20.6. The summed E-state index contributed by atoms with van der Waals surface area (Å²) in [6.07, 6.45) is -1.02. The normalized spacial score (nSPS) is 14.2. The maximum Gasteiger partial charge on any atom is 0.252 e. The quantitative estimate of drug-likeness (QED) is 0.476. The molecule has 1 amide bonds. The van der Waals surface area contributed by atoms with Crippen molar-refractivity contribution in [1.82, 2.24) is 10.6 Å². The van der Waals surface area contributed by atoms with Gasteiger partial charge in [-0.05, 0) is 17.7 Å². The van der Waals surface area contributed by atoms with Crippen LogP contribution in [-0.4, -0.2) is 20.7 Å². The predicted molar refractivity (Wildman–Crippen MR) is 106 cm³/mol. The third kappa shape index (κ3) is 6.21. The van der Waals surface area contributed by atoms with E-state index in [0.29, 0.717) is 5.56 Å². The van der Waals surface area contributed by atoms with Crippen molar-refractivity contribution in [3.63, 3.8) is 0 Å². The smallest absolute Gasteiger partial charge is 0.252 e. The van der Waals surface area contributed by atoms with Crippen molar-refractivity contribution in [3.8, 4) is 0 Å². The lowest BCUT2D eigenvalue weighted by Gasteiger charge is -2.31. The van der Waals surface area contributed by atoms with Gasteiger partial charge in [0.2, 0.25) is 3.79 Å². The van der Waals surface area contributed by atoms with E-state index in [9.17, 15) is 4.79 Å². The van der Waals surface area contributed by atoms with E-state index in [-0.39, 0.29) is 0 Å². The molecule has 2 atom stereocenters. The van der Waals surface area contributed by atoms with Crippen molar-refractivity contribution in [2.24, 2.45) is 0 Å². The fourth-order valence-corrected chi connectivity index (χ4v) is 2.97. The molecule has 0 saturated carbocycles. The Bertz CT molecular complexity index is 676. The van der Waals surface area contributed by atoms with Gasteiger partial charge in [-0.15, -0.1) is 23.2 Å². The summed E-state index contributed by atoms with van der Waals surface area (Å²) in [6, 6.07) is 17.3. The van der Waals surface area contributed by atoms with Crippen molar-refractivity contribution >= 4 is 63.9 Å². The zero-order valence-electron chi connectivity index (χ0n) is 12.8. The Balaban J connectivity index is 2.21. The number of alkyl halides is 5. The molecule has 3 nitrogen and oxygen atoms in total. The van der Waals surface area contributed by atoms with Crippen LogP contribution in [-0.2, 0) is 0 Å². The molecule has 0 fully saturated rings. The summed E-state index contributed by atoms with van der Waals surface area (Å²) >= 11 is 30.3. The molecule has 0 aromatic heterocycles. The van der Waals surface area contributed by atoms with Gasteiger partial charge in [0.25, 0.3) is 5.91 Å². The van der Waals surface area contributed by atoms with Crippen LogP contribution in [0, 0.1) is 0 Å². The van der Waals surface area contributed by atoms with Crippen molar-refractivity contribution in [2.75, 3.05) is 0 Å². The number of carbonyl (C=O) groups is 1. The van der Waals surface area contributed by atoms with E-state index in [4.69, 9.17) is 58.0 Å². The highest BCUT2D eigenvalue weighted by Gasteiger charge is 2.37. The molecule has 2 aromatic rings. The Kier molecular flexibility index (Phi) is 7.68. The standard InChI is InChI=1S/C17H15Cl5N2O/c18-14(19)13(11-7-3-1-4-8-11)23-16(17(20,21)22)24-15(25)12-9-5-2-6-10-12/h1-10,13-14,16,23H,(H,24,25)/t13-,16-/m0/s1. The lowest BCUT2D eigenvalue weighted by atomic mass is 10.1. The van der Waals surface area contributed by atoms with Crippen molar-refractivity contribution in [3.05, 3.63) is 71.8 Å². The van der Waals surface area contributed by atoms with Gasteiger partial charge >= 0.3 is 0 Å². The lowest BCUT2D eigenvalue weighted by Crippen LogP contribution is -2.55. The zero-order chi connectivity index (χ0) is 18.4. The largest absolute Gasteiger partial charge is 0.333 e. The summed E-state index contributed by atoms with van der Waals surface area (Å²) in [4.78, 5) is 11.6. The molecule has 2 rings (SSSR count). The lowest BCUT2D eigenvalue weighted by molar-refractivity contribution is 0.0926. The van der Waals surface area contributed by atoms with E-state index < -0.39 is 26.7 Å². The van der Waals surface area contributed by atoms with Crippen LogP contribution in [0.2, 0.25) is 0 Å². The van der Waals surface area contributed by atoms with Gasteiger partial charge in [-0.2, -0.15) is 0 Å². The molecule has 0 heterocycles. The molecule has 0 radical (unpaired) electrons. The average molecular weight is 441 g/mol. The second-order valence-electron chi connectivity index (χ2n) is 5.20. The SMILES string of the molecule is O=C(N[C@H](N[C@@H](c1ccccc1)C(Cl)Cl)C(Cl)(Cl)Cl)c1ccccc1. The molecule has 0 unspecified atom stereocenters. The molecule has 0 bridgehead atoms. The minimum atomic E-state index is -1.82. The van der Waals surface area contributed by atoms with Crippen LogP contribution in [0.5, 0.6) is 0 Å². The van der Waals surface area contributed by atoms with E-state index in [1.165, 1.54) is 0 Å². The molecule has 25 heavy (non-hydrogen) atoms. The highest BCUT2D eigenvalue weighted by Crippen LogP contribution is 2.33. The zero-order valence-corrected chi connectivity index (χ0v) is 16.6. The van der Waals surface area contributed by atoms with Crippen molar-refractivity contribution < 1.29 is 4.79 Å². The molecule has 8 heteroatoms. The van der Waals surface area contributed by atoms with Gasteiger partial charge < -0.3 is 5.32 Å². The first-order valence-electron chi connectivity index (χ1n) is 7.31. The summed E-state index contributed by atoms with van der Waals surface area (Å²) in [5.74, 6) is -0.392. The van der Waals surface area contributed by atoms with Gasteiger partial charge in [-0.1, -0.05) is 83.3 Å². The molecule has 0 saturated heterocycles. The van der Waals surface area contributed by atoms with Gasteiger partial charge in [-0.3, -0.25) is 10.1 Å². The molecule has 0 spiro atoms. The highest BCUT2D eigenvalue weighted by atomic mass is 35.6. The van der Waals surface area contributed by atoms with Crippen LogP contribution in [0.4, 0.5) is 0 Å². The Labute approximate surface area is 171 Å². The maximum atomic E-state index is 12.4. The average Bonchev–Trinajstić information content (AvgIpc) is 2.58. The minimum Gasteiger partial charge on any atom is -0.333 e. The highest BCUT2D eigenvalue weighted by molar-refractivity contribution is 6.68. The fourth-order valence-electron chi connectivity index (χ4n) is 2.18. The number of hydrogen-bond acceptors (Lipinski definition) is 2. The number of carbonyl (C=O) groups excluding carboxylic acids is 1. The topological polar surface area (TPSA) is 41.1 Å². The van der Waals surface area contributed by atoms with Crippen molar-refractivity contribution in [1.29, 1.82) is 0 Å². The number of hydrogen-bond donors (Lipinski definition) is 2. The Morgan fingerprint density at radius 1 is 0.880 bits per heavy atom. The molecule has 0 aliphatic carbocycles. The van der Waals surface area contributed by atoms with Gasteiger partial charge in [0, 0.05) is 5.56 Å². The van der Waals surface area contributed by atoms with Crippen LogP contribution in [0.3, 0.4) is 0 Å². The first-order valence-corrected chi connectivity index (χ1v) is 9.31. The number of halogens is 5. The molecule has 2 N–H and O–H groups in total. The van der Waals surface area contributed by atoms with E-state index >= 15 is 0 Å². The molecule has 134 valence electrons. The van der Waals surface area contributed by atoms with Gasteiger partial charge in [0.15, 0.2) is 0 Å². The van der Waals surface area contributed by atoms with Crippen LogP contribution in [0.25, 0.3) is 0 Å².